The van der Waals surface area contributed by atoms with Gasteiger partial charge in [-0.25, -0.2) is 8.42 Å². The highest BCUT2D eigenvalue weighted by Gasteiger charge is 2.20. The van der Waals surface area contributed by atoms with E-state index in [9.17, 15) is 13.2 Å². The quantitative estimate of drug-likeness (QED) is 0.636. The number of benzene rings is 2. The monoisotopic (exact) mass is 372 g/mol. The molecule has 5 nitrogen and oxygen atoms in total. The van der Waals surface area contributed by atoms with Crippen LogP contribution in [0.5, 0.6) is 0 Å². The number of sulfonamides is 1. The standard InChI is InChI=1S/C20H24N2O3S/c1-3-15-21(26(2,24)25)16-14-20(23)22(19-12-8-5-9-13-19)17-18-10-6-4-7-11-18/h3-13H,1,14-17H2,2H3. The van der Waals surface area contributed by atoms with Gasteiger partial charge in [0.1, 0.15) is 0 Å². The van der Waals surface area contributed by atoms with Gasteiger partial charge in [0.05, 0.1) is 12.8 Å². The first-order chi connectivity index (χ1) is 12.4. The maximum Gasteiger partial charge on any atom is 0.228 e. The van der Waals surface area contributed by atoms with Crippen LogP contribution in [0.3, 0.4) is 0 Å². The molecule has 6 heteroatoms. The summed E-state index contributed by atoms with van der Waals surface area (Å²) in [6.45, 7) is 4.33. The second kappa shape index (κ2) is 9.31. The summed E-state index contributed by atoms with van der Waals surface area (Å²) in [5.41, 5.74) is 1.80. The summed E-state index contributed by atoms with van der Waals surface area (Å²) < 4.78 is 24.9. The van der Waals surface area contributed by atoms with Gasteiger partial charge in [0, 0.05) is 25.2 Å². The lowest BCUT2D eigenvalue weighted by molar-refractivity contribution is -0.118. The highest BCUT2D eigenvalue weighted by atomic mass is 32.2. The van der Waals surface area contributed by atoms with E-state index in [0.717, 1.165) is 17.5 Å². The molecule has 0 aliphatic rings. The summed E-state index contributed by atoms with van der Waals surface area (Å²) in [4.78, 5) is 14.5. The molecule has 2 rings (SSSR count). The number of hydrogen-bond acceptors (Lipinski definition) is 3. The van der Waals surface area contributed by atoms with Gasteiger partial charge in [0.15, 0.2) is 0 Å². The summed E-state index contributed by atoms with van der Waals surface area (Å²) in [6, 6.07) is 19.1. The first-order valence-corrected chi connectivity index (χ1v) is 10.2. The molecule has 0 radical (unpaired) electrons. The summed E-state index contributed by atoms with van der Waals surface area (Å²) in [5, 5.41) is 0. The summed E-state index contributed by atoms with van der Waals surface area (Å²) in [5.74, 6) is -0.127. The lowest BCUT2D eigenvalue weighted by atomic mass is 10.2. The second-order valence-electron chi connectivity index (χ2n) is 5.96. The fourth-order valence-corrected chi connectivity index (χ4v) is 3.39. The molecule has 0 N–H and O–H groups in total. The topological polar surface area (TPSA) is 57.7 Å². The zero-order chi connectivity index (χ0) is 19.0. The molecule has 0 fully saturated rings. The molecule has 0 saturated heterocycles. The fraction of sp³-hybridized carbons (Fsp3) is 0.250. The lowest BCUT2D eigenvalue weighted by Gasteiger charge is -2.25. The van der Waals surface area contributed by atoms with Crippen molar-refractivity contribution in [1.82, 2.24) is 4.31 Å². The van der Waals surface area contributed by atoms with Gasteiger partial charge in [0.2, 0.25) is 15.9 Å². The van der Waals surface area contributed by atoms with Crippen LogP contribution in [0.15, 0.2) is 73.3 Å². The molecule has 0 aliphatic heterocycles. The van der Waals surface area contributed by atoms with Crippen LogP contribution in [-0.2, 0) is 21.4 Å². The van der Waals surface area contributed by atoms with Gasteiger partial charge < -0.3 is 4.90 Å². The van der Waals surface area contributed by atoms with Gasteiger partial charge in [0.25, 0.3) is 0 Å². The normalized spacial score (nSPS) is 11.3. The third-order valence-corrected chi connectivity index (χ3v) is 5.20. The SMILES string of the molecule is C=CCN(CCC(=O)N(Cc1ccccc1)c1ccccc1)S(C)(=O)=O. The van der Waals surface area contributed by atoms with Gasteiger partial charge in [-0.2, -0.15) is 4.31 Å². The second-order valence-corrected chi connectivity index (χ2v) is 7.94. The van der Waals surface area contributed by atoms with Crippen LogP contribution in [-0.4, -0.2) is 38.0 Å². The van der Waals surface area contributed by atoms with Crippen molar-refractivity contribution in [2.24, 2.45) is 0 Å². The van der Waals surface area contributed by atoms with Gasteiger partial charge in [-0.3, -0.25) is 4.79 Å². The minimum Gasteiger partial charge on any atom is -0.308 e. The van der Waals surface area contributed by atoms with E-state index in [2.05, 4.69) is 6.58 Å². The van der Waals surface area contributed by atoms with Crippen LogP contribution < -0.4 is 4.90 Å². The Morgan fingerprint density at radius 3 is 2.15 bits per heavy atom. The van der Waals surface area contributed by atoms with E-state index in [1.165, 1.54) is 10.4 Å². The van der Waals surface area contributed by atoms with Crippen molar-refractivity contribution in [1.29, 1.82) is 0 Å². The Morgan fingerprint density at radius 1 is 1.04 bits per heavy atom. The van der Waals surface area contributed by atoms with E-state index in [1.54, 1.807) is 4.90 Å². The Morgan fingerprint density at radius 2 is 1.62 bits per heavy atom. The number of carbonyl (C=O) groups is 1. The van der Waals surface area contributed by atoms with Gasteiger partial charge in [-0.15, -0.1) is 6.58 Å². The van der Waals surface area contributed by atoms with E-state index in [-0.39, 0.29) is 25.4 Å². The Bertz CT molecular complexity index is 821. The van der Waals surface area contributed by atoms with E-state index in [1.807, 2.05) is 60.7 Å². The number of anilines is 1. The Hall–Kier alpha value is -2.44. The van der Waals surface area contributed by atoms with E-state index >= 15 is 0 Å². The molecule has 26 heavy (non-hydrogen) atoms. The van der Waals surface area contributed by atoms with Crippen LogP contribution in [0.25, 0.3) is 0 Å². The van der Waals surface area contributed by atoms with Crippen molar-refractivity contribution in [2.75, 3.05) is 24.2 Å². The molecule has 0 aliphatic carbocycles. The molecule has 1 amide bonds. The average Bonchev–Trinajstić information content (AvgIpc) is 2.63. The molecular weight excluding hydrogens is 348 g/mol. The molecule has 0 unspecified atom stereocenters. The molecule has 0 saturated carbocycles. The third kappa shape index (κ3) is 5.82. The van der Waals surface area contributed by atoms with Crippen molar-refractivity contribution < 1.29 is 13.2 Å². The van der Waals surface area contributed by atoms with Crippen LogP contribution in [0.4, 0.5) is 5.69 Å². The van der Waals surface area contributed by atoms with Gasteiger partial charge in [-0.05, 0) is 17.7 Å². The van der Waals surface area contributed by atoms with Gasteiger partial charge >= 0.3 is 0 Å². The van der Waals surface area contributed by atoms with Crippen molar-refractivity contribution in [2.45, 2.75) is 13.0 Å². The molecule has 0 bridgehead atoms. The Kier molecular flexibility index (Phi) is 7.12. The zero-order valence-corrected chi connectivity index (χ0v) is 15.7. The molecule has 0 heterocycles. The molecule has 0 aromatic heterocycles. The van der Waals surface area contributed by atoms with Crippen molar-refractivity contribution >= 4 is 21.6 Å². The molecule has 138 valence electrons. The van der Waals surface area contributed by atoms with E-state index < -0.39 is 10.0 Å². The summed E-state index contributed by atoms with van der Waals surface area (Å²) in [7, 11) is -3.38. The Balaban J connectivity index is 2.16. The number of nitrogens with zero attached hydrogens (tertiary/aromatic N) is 2. The average molecular weight is 372 g/mol. The fourth-order valence-electron chi connectivity index (χ4n) is 2.59. The maximum absolute atomic E-state index is 12.9. The van der Waals surface area contributed by atoms with Gasteiger partial charge in [-0.1, -0.05) is 54.6 Å². The largest absolute Gasteiger partial charge is 0.308 e. The Labute approximate surface area is 155 Å². The lowest BCUT2D eigenvalue weighted by Crippen LogP contribution is -2.36. The first kappa shape index (κ1) is 19.9. The number of amides is 1. The molecule has 2 aromatic carbocycles. The maximum atomic E-state index is 12.9. The van der Waals surface area contributed by atoms with E-state index in [0.29, 0.717) is 6.54 Å². The highest BCUT2D eigenvalue weighted by molar-refractivity contribution is 7.88. The van der Waals surface area contributed by atoms with Crippen molar-refractivity contribution in [3.8, 4) is 0 Å². The van der Waals surface area contributed by atoms with Crippen molar-refractivity contribution in [3.05, 3.63) is 78.9 Å². The first-order valence-electron chi connectivity index (χ1n) is 8.37. The third-order valence-electron chi connectivity index (χ3n) is 3.93. The van der Waals surface area contributed by atoms with Crippen LogP contribution >= 0.6 is 0 Å². The minimum atomic E-state index is -3.38. The number of para-hydroxylation sites is 1. The predicted octanol–water partition coefficient (Wildman–Crippen LogP) is 3.06. The molecule has 0 atom stereocenters. The molecular formula is C20H24N2O3S. The van der Waals surface area contributed by atoms with Crippen molar-refractivity contribution in [3.63, 3.8) is 0 Å². The highest BCUT2D eigenvalue weighted by Crippen LogP contribution is 2.18. The smallest absolute Gasteiger partial charge is 0.228 e. The van der Waals surface area contributed by atoms with Crippen LogP contribution in [0.1, 0.15) is 12.0 Å². The summed E-state index contributed by atoms with van der Waals surface area (Å²) in [6.07, 6.45) is 2.76. The number of hydrogen-bond donors (Lipinski definition) is 0. The van der Waals surface area contributed by atoms with Crippen LogP contribution in [0, 0.1) is 0 Å². The molecule has 0 spiro atoms. The van der Waals surface area contributed by atoms with Crippen LogP contribution in [0.2, 0.25) is 0 Å². The van der Waals surface area contributed by atoms with E-state index in [4.69, 9.17) is 0 Å². The molecule has 2 aromatic rings. The zero-order valence-electron chi connectivity index (χ0n) is 14.9. The predicted molar refractivity (Wildman–Crippen MR) is 105 cm³/mol. The summed E-state index contributed by atoms with van der Waals surface area (Å²) >= 11 is 0. The number of rotatable bonds is 9. The minimum absolute atomic E-state index is 0.0998. The number of carbonyl (C=O) groups excluding carboxylic acids is 1.